The van der Waals surface area contributed by atoms with Gasteiger partial charge in [0.1, 0.15) is 6.61 Å². The van der Waals surface area contributed by atoms with E-state index >= 15 is 0 Å². The molecule has 1 atom stereocenters. The molecule has 1 unspecified atom stereocenters. The van der Waals surface area contributed by atoms with Gasteiger partial charge in [0.25, 0.3) is 0 Å². The van der Waals surface area contributed by atoms with Gasteiger partial charge in [-0.1, -0.05) is 0 Å². The summed E-state index contributed by atoms with van der Waals surface area (Å²) in [6.45, 7) is 5.68. The average Bonchev–Trinajstić information content (AvgIpc) is 2.65. The van der Waals surface area contributed by atoms with E-state index in [2.05, 4.69) is 15.3 Å². The highest BCUT2D eigenvalue weighted by molar-refractivity contribution is 5.85. The summed E-state index contributed by atoms with van der Waals surface area (Å²) < 4.78 is 5.57. The second kappa shape index (κ2) is 6.01. The molecule has 1 N–H and O–H groups in total. The Morgan fingerprint density at radius 2 is 2.06 bits per heavy atom. The van der Waals surface area contributed by atoms with Gasteiger partial charge >= 0.3 is 6.01 Å². The first-order valence-electron chi connectivity index (χ1n) is 5.42. The van der Waals surface area contributed by atoms with Crippen molar-refractivity contribution in [2.45, 2.75) is 32.7 Å². The highest BCUT2D eigenvalue weighted by Crippen LogP contribution is 2.09. The largest absolute Gasteiger partial charge is 0.462 e. The van der Waals surface area contributed by atoms with Gasteiger partial charge in [0.15, 0.2) is 0 Å². The molecule has 0 radical (unpaired) electrons. The van der Waals surface area contributed by atoms with Gasteiger partial charge < -0.3 is 10.1 Å². The first-order chi connectivity index (χ1) is 7.24. The van der Waals surface area contributed by atoms with Crippen LogP contribution in [0.15, 0.2) is 6.07 Å². The third kappa shape index (κ3) is 3.61. The molecule has 4 nitrogen and oxygen atoms in total. The summed E-state index contributed by atoms with van der Waals surface area (Å²) >= 11 is 0. The molecule has 90 valence electrons. The number of aryl methyl sites for hydroxylation is 2. The lowest BCUT2D eigenvalue weighted by Gasteiger charge is -2.11. The number of rotatable bonds is 3. The van der Waals surface area contributed by atoms with Crippen molar-refractivity contribution in [2.24, 2.45) is 0 Å². The molecule has 0 spiro atoms. The number of nitrogens with zero attached hydrogens (tertiary/aromatic N) is 2. The predicted molar refractivity (Wildman–Crippen MR) is 65.3 cm³/mol. The summed E-state index contributed by atoms with van der Waals surface area (Å²) in [7, 11) is 0. The van der Waals surface area contributed by atoms with E-state index in [1.54, 1.807) is 0 Å². The van der Waals surface area contributed by atoms with Crippen LogP contribution in [0.25, 0.3) is 0 Å². The highest BCUT2D eigenvalue weighted by atomic mass is 35.5. The number of hydrogen-bond donors (Lipinski definition) is 1. The Balaban J connectivity index is 0.00000128. The van der Waals surface area contributed by atoms with Gasteiger partial charge in [0.2, 0.25) is 0 Å². The number of ether oxygens (including phenoxy) is 1. The molecule has 0 bridgehead atoms. The zero-order valence-corrected chi connectivity index (χ0v) is 10.5. The smallest absolute Gasteiger partial charge is 0.316 e. The van der Waals surface area contributed by atoms with E-state index < -0.39 is 0 Å². The maximum atomic E-state index is 5.57. The van der Waals surface area contributed by atoms with Crippen LogP contribution in [0, 0.1) is 13.8 Å². The second-order valence-corrected chi connectivity index (χ2v) is 4.04. The van der Waals surface area contributed by atoms with Crippen LogP contribution < -0.4 is 10.1 Å². The molecule has 2 rings (SSSR count). The molecule has 0 saturated carbocycles. The molecule has 1 aliphatic heterocycles. The minimum absolute atomic E-state index is 0. The monoisotopic (exact) mass is 243 g/mol. The third-order valence-corrected chi connectivity index (χ3v) is 2.54. The second-order valence-electron chi connectivity index (χ2n) is 4.04. The van der Waals surface area contributed by atoms with Crippen LogP contribution >= 0.6 is 12.4 Å². The Hall–Kier alpha value is -0.870. The van der Waals surface area contributed by atoms with Gasteiger partial charge in [-0.3, -0.25) is 0 Å². The first kappa shape index (κ1) is 13.2. The van der Waals surface area contributed by atoms with Crippen molar-refractivity contribution in [3.63, 3.8) is 0 Å². The first-order valence-corrected chi connectivity index (χ1v) is 5.42. The van der Waals surface area contributed by atoms with E-state index in [-0.39, 0.29) is 12.4 Å². The zero-order valence-electron chi connectivity index (χ0n) is 9.69. The Morgan fingerprint density at radius 3 is 2.62 bits per heavy atom. The van der Waals surface area contributed by atoms with Crippen LogP contribution in [0.2, 0.25) is 0 Å². The van der Waals surface area contributed by atoms with Crippen LogP contribution in [-0.4, -0.2) is 29.2 Å². The Bertz CT molecular complexity index is 320. The van der Waals surface area contributed by atoms with Crippen molar-refractivity contribution in [2.75, 3.05) is 13.2 Å². The number of nitrogens with one attached hydrogen (secondary N) is 1. The minimum atomic E-state index is 0. The highest BCUT2D eigenvalue weighted by Gasteiger charge is 2.15. The molecule has 0 aromatic carbocycles. The van der Waals surface area contributed by atoms with Crippen molar-refractivity contribution < 1.29 is 4.74 Å². The fraction of sp³-hybridized carbons (Fsp3) is 0.636. The van der Waals surface area contributed by atoms with Crippen molar-refractivity contribution in [1.29, 1.82) is 0 Å². The molecule has 1 aliphatic rings. The van der Waals surface area contributed by atoms with Gasteiger partial charge in [-0.05, 0) is 39.3 Å². The van der Waals surface area contributed by atoms with Crippen LogP contribution in [0.5, 0.6) is 6.01 Å². The van der Waals surface area contributed by atoms with E-state index in [0.29, 0.717) is 18.7 Å². The zero-order chi connectivity index (χ0) is 10.7. The predicted octanol–water partition coefficient (Wildman–Crippen LogP) is 1.65. The summed E-state index contributed by atoms with van der Waals surface area (Å²) in [6.07, 6.45) is 2.42. The summed E-state index contributed by atoms with van der Waals surface area (Å²) in [5.41, 5.74) is 1.91. The Morgan fingerprint density at radius 1 is 1.38 bits per heavy atom. The van der Waals surface area contributed by atoms with Crippen LogP contribution in [0.1, 0.15) is 24.2 Å². The maximum absolute atomic E-state index is 5.57. The molecule has 1 aromatic heterocycles. The van der Waals surface area contributed by atoms with Gasteiger partial charge in [-0.2, -0.15) is 0 Å². The van der Waals surface area contributed by atoms with Crippen molar-refractivity contribution in [3.8, 4) is 6.01 Å². The summed E-state index contributed by atoms with van der Waals surface area (Å²) in [6, 6.07) is 2.91. The fourth-order valence-corrected chi connectivity index (χ4v) is 1.83. The van der Waals surface area contributed by atoms with Gasteiger partial charge in [-0.25, -0.2) is 9.97 Å². The molecule has 0 amide bonds. The average molecular weight is 244 g/mol. The topological polar surface area (TPSA) is 47.0 Å². The quantitative estimate of drug-likeness (QED) is 0.877. The molecule has 5 heteroatoms. The summed E-state index contributed by atoms with van der Waals surface area (Å²) in [5.74, 6) is 0. The molecule has 0 aliphatic carbocycles. The van der Waals surface area contributed by atoms with E-state index in [1.165, 1.54) is 12.8 Å². The molecular formula is C11H18ClN3O. The van der Waals surface area contributed by atoms with Crippen LogP contribution in [0.3, 0.4) is 0 Å². The van der Waals surface area contributed by atoms with Crippen molar-refractivity contribution in [3.05, 3.63) is 17.5 Å². The molecule has 2 heterocycles. The van der Waals surface area contributed by atoms with E-state index in [1.807, 2.05) is 19.9 Å². The lowest BCUT2D eigenvalue weighted by Crippen LogP contribution is -2.28. The minimum Gasteiger partial charge on any atom is -0.462 e. The number of halogens is 1. The fourth-order valence-electron chi connectivity index (χ4n) is 1.83. The maximum Gasteiger partial charge on any atom is 0.316 e. The molecular weight excluding hydrogens is 226 g/mol. The molecule has 1 saturated heterocycles. The standard InChI is InChI=1S/C11H17N3O.ClH/c1-8-6-9(2)14-11(13-8)15-7-10-4-3-5-12-10;/h6,10,12H,3-5,7H2,1-2H3;1H. The normalized spacial score (nSPS) is 19.2. The molecule has 1 aromatic rings. The van der Waals surface area contributed by atoms with Crippen molar-refractivity contribution >= 4 is 12.4 Å². The van der Waals surface area contributed by atoms with Crippen molar-refractivity contribution in [1.82, 2.24) is 15.3 Å². The third-order valence-electron chi connectivity index (χ3n) is 2.54. The van der Waals surface area contributed by atoms with Crippen LogP contribution in [-0.2, 0) is 0 Å². The Kier molecular flexibility index (Phi) is 4.96. The number of hydrogen-bond acceptors (Lipinski definition) is 4. The van der Waals surface area contributed by atoms with E-state index in [9.17, 15) is 0 Å². The Labute approximate surface area is 102 Å². The molecule has 16 heavy (non-hydrogen) atoms. The van der Waals surface area contributed by atoms with Gasteiger partial charge in [-0.15, -0.1) is 12.4 Å². The molecule has 1 fully saturated rings. The van der Waals surface area contributed by atoms with Crippen LogP contribution in [0.4, 0.5) is 0 Å². The number of aromatic nitrogens is 2. The van der Waals surface area contributed by atoms with Gasteiger partial charge in [0.05, 0.1) is 0 Å². The summed E-state index contributed by atoms with van der Waals surface area (Å²) in [4.78, 5) is 8.47. The SMILES string of the molecule is Cc1cc(C)nc(OCC2CCCN2)n1.Cl. The summed E-state index contributed by atoms with van der Waals surface area (Å²) in [5, 5.41) is 3.38. The lowest BCUT2D eigenvalue weighted by molar-refractivity contribution is 0.256. The van der Waals surface area contributed by atoms with E-state index in [4.69, 9.17) is 4.74 Å². The van der Waals surface area contributed by atoms with E-state index in [0.717, 1.165) is 17.9 Å². The van der Waals surface area contributed by atoms with Gasteiger partial charge in [0, 0.05) is 17.4 Å². The lowest BCUT2D eigenvalue weighted by atomic mass is 10.2.